The van der Waals surface area contributed by atoms with Crippen molar-refractivity contribution in [2.75, 3.05) is 11.4 Å². The lowest BCUT2D eigenvalue weighted by atomic mass is 9.81. The third-order valence-corrected chi connectivity index (χ3v) is 7.01. The number of aryl methyl sites for hydroxylation is 1. The normalized spacial score (nSPS) is 16.8. The lowest BCUT2D eigenvalue weighted by molar-refractivity contribution is -0.384. The fourth-order valence-corrected chi connectivity index (χ4v) is 5.18. The van der Waals surface area contributed by atoms with Gasteiger partial charge in [-0.15, -0.1) is 0 Å². The number of halogens is 3. The molecule has 0 fully saturated rings. The summed E-state index contributed by atoms with van der Waals surface area (Å²) < 4.78 is 41.6. The van der Waals surface area contributed by atoms with E-state index < -0.39 is 40.4 Å². The number of fused-ring (bicyclic) bond motifs is 1. The molecule has 3 aromatic carbocycles. The third kappa shape index (κ3) is 5.04. The van der Waals surface area contributed by atoms with Gasteiger partial charge in [0.1, 0.15) is 11.9 Å². The largest absolute Gasteiger partial charge is 0.416 e. The van der Waals surface area contributed by atoms with Crippen LogP contribution in [-0.2, 0) is 11.0 Å². The Morgan fingerprint density at radius 3 is 2.41 bits per heavy atom. The molecule has 1 aliphatic heterocycles. The Balaban J connectivity index is 1.68. The highest BCUT2D eigenvalue weighted by atomic mass is 19.4. The summed E-state index contributed by atoms with van der Waals surface area (Å²) in [6, 6.07) is 17.4. The molecule has 4 aromatic rings. The van der Waals surface area contributed by atoms with Crippen LogP contribution >= 0.6 is 0 Å². The SMILES string of the molecule is CCN1C(=O)[C@@H](NC(=O)c2cccc(C(F)(F)F)c2)[C@H](c2cccc([N+](=O)[O-])c2)c2c(C)nn(-c3ccccc3)c21. The Morgan fingerprint density at radius 1 is 1.05 bits per heavy atom. The van der Waals surface area contributed by atoms with Crippen molar-refractivity contribution in [3.05, 3.63) is 117 Å². The maximum absolute atomic E-state index is 14.1. The molecule has 210 valence electrons. The molecule has 1 N–H and O–H groups in total. The Labute approximate surface area is 232 Å². The molecule has 0 saturated heterocycles. The van der Waals surface area contributed by atoms with Gasteiger partial charge in [-0.05, 0) is 49.7 Å². The van der Waals surface area contributed by atoms with E-state index in [0.29, 0.717) is 34.4 Å². The third-order valence-electron chi connectivity index (χ3n) is 7.01. The average Bonchev–Trinajstić information content (AvgIpc) is 3.30. The van der Waals surface area contributed by atoms with Crippen LogP contribution in [0.3, 0.4) is 0 Å². The molecule has 41 heavy (non-hydrogen) atoms. The van der Waals surface area contributed by atoms with Gasteiger partial charge in [0.15, 0.2) is 0 Å². The van der Waals surface area contributed by atoms with Gasteiger partial charge in [-0.1, -0.05) is 36.4 Å². The molecule has 2 amide bonds. The first-order chi connectivity index (χ1) is 19.5. The number of alkyl halides is 3. The van der Waals surface area contributed by atoms with Gasteiger partial charge in [0.2, 0.25) is 0 Å². The summed E-state index contributed by atoms with van der Waals surface area (Å²) in [7, 11) is 0. The van der Waals surface area contributed by atoms with Crippen LogP contribution in [0.1, 0.15) is 45.6 Å². The van der Waals surface area contributed by atoms with Crippen LogP contribution < -0.4 is 10.2 Å². The van der Waals surface area contributed by atoms with Crippen molar-refractivity contribution in [2.24, 2.45) is 0 Å². The first kappa shape index (κ1) is 27.6. The van der Waals surface area contributed by atoms with Crippen molar-refractivity contribution in [1.82, 2.24) is 15.1 Å². The van der Waals surface area contributed by atoms with Gasteiger partial charge in [0, 0.05) is 35.7 Å². The molecule has 2 atom stereocenters. The summed E-state index contributed by atoms with van der Waals surface area (Å²) in [6.07, 6.45) is -4.67. The highest BCUT2D eigenvalue weighted by molar-refractivity contribution is 6.05. The van der Waals surface area contributed by atoms with Crippen LogP contribution in [0.15, 0.2) is 78.9 Å². The minimum Gasteiger partial charge on any atom is -0.339 e. The molecule has 0 bridgehead atoms. The summed E-state index contributed by atoms with van der Waals surface area (Å²) in [4.78, 5) is 39.9. The van der Waals surface area contributed by atoms with Crippen molar-refractivity contribution < 1.29 is 27.7 Å². The molecule has 0 radical (unpaired) electrons. The molecule has 1 aromatic heterocycles. The van der Waals surface area contributed by atoms with E-state index in [1.807, 2.05) is 30.3 Å². The van der Waals surface area contributed by atoms with Crippen molar-refractivity contribution in [2.45, 2.75) is 32.0 Å². The minimum absolute atomic E-state index is 0.196. The maximum Gasteiger partial charge on any atom is 0.416 e. The number of carbonyl (C=O) groups is 2. The molecule has 0 saturated carbocycles. The van der Waals surface area contributed by atoms with Gasteiger partial charge in [-0.25, -0.2) is 4.68 Å². The Morgan fingerprint density at radius 2 is 1.76 bits per heavy atom. The number of para-hydroxylation sites is 1. The summed E-state index contributed by atoms with van der Waals surface area (Å²) in [5.41, 5.74) is 0.617. The summed E-state index contributed by atoms with van der Waals surface area (Å²) in [5.74, 6) is -1.90. The fraction of sp³-hybridized carbons (Fsp3) is 0.207. The van der Waals surface area contributed by atoms with E-state index in [0.717, 1.165) is 12.1 Å². The summed E-state index contributed by atoms with van der Waals surface area (Å²) in [5, 5.41) is 18.9. The molecule has 0 spiro atoms. The van der Waals surface area contributed by atoms with Gasteiger partial charge in [0.05, 0.1) is 21.9 Å². The van der Waals surface area contributed by atoms with Gasteiger partial charge < -0.3 is 5.32 Å². The second-order valence-electron chi connectivity index (χ2n) is 9.51. The number of benzene rings is 3. The fourth-order valence-electron chi connectivity index (χ4n) is 5.18. The first-order valence-electron chi connectivity index (χ1n) is 12.7. The number of nitro groups is 1. The molecule has 5 rings (SSSR count). The van der Waals surface area contributed by atoms with Crippen LogP contribution in [0.2, 0.25) is 0 Å². The highest BCUT2D eigenvalue weighted by Crippen LogP contribution is 2.44. The second kappa shape index (κ2) is 10.5. The first-order valence-corrected chi connectivity index (χ1v) is 12.7. The van der Waals surface area contributed by atoms with Crippen LogP contribution in [0.5, 0.6) is 0 Å². The lowest BCUT2D eigenvalue weighted by Crippen LogP contribution is -2.55. The Kier molecular flexibility index (Phi) is 7.08. The average molecular weight is 564 g/mol. The molecule has 0 aliphatic carbocycles. The van der Waals surface area contributed by atoms with Crippen LogP contribution in [0.25, 0.3) is 5.69 Å². The van der Waals surface area contributed by atoms with Crippen molar-refractivity contribution in [3.8, 4) is 5.69 Å². The number of nitro benzene ring substituents is 1. The number of likely N-dealkylation sites (N-methyl/N-ethyl adjacent to an activating group) is 1. The highest BCUT2D eigenvalue weighted by Gasteiger charge is 2.46. The van der Waals surface area contributed by atoms with Gasteiger partial charge in [-0.3, -0.25) is 24.6 Å². The molecule has 12 heteroatoms. The van der Waals surface area contributed by atoms with Crippen LogP contribution in [0, 0.1) is 17.0 Å². The van der Waals surface area contributed by atoms with Crippen LogP contribution in [0.4, 0.5) is 24.7 Å². The quantitative estimate of drug-likeness (QED) is 0.249. The van der Waals surface area contributed by atoms with E-state index in [9.17, 15) is 32.9 Å². The second-order valence-corrected chi connectivity index (χ2v) is 9.51. The Hall–Kier alpha value is -5.00. The van der Waals surface area contributed by atoms with Gasteiger partial charge >= 0.3 is 6.18 Å². The molecule has 1 aliphatic rings. The monoisotopic (exact) mass is 563 g/mol. The van der Waals surface area contributed by atoms with Crippen molar-refractivity contribution >= 4 is 23.3 Å². The van der Waals surface area contributed by atoms with Gasteiger partial charge in [0.25, 0.3) is 17.5 Å². The van der Waals surface area contributed by atoms with E-state index in [-0.39, 0.29) is 17.8 Å². The Bertz CT molecular complexity index is 1650. The zero-order valence-corrected chi connectivity index (χ0v) is 21.9. The molecule has 0 unspecified atom stereocenters. The standard InChI is InChI=1S/C29H24F3N5O4/c1-3-35-27-23(17(2)34-36(27)21-12-5-4-6-13-21)24(18-9-8-14-22(16-18)37(40)41)25(28(35)39)33-26(38)19-10-7-11-20(15-19)29(30,31)32/h4-16,24-25H,3H2,1-2H3,(H,33,38)/t24-,25+/m1/s1. The zero-order chi connectivity index (χ0) is 29.5. The van der Waals surface area contributed by atoms with E-state index in [1.165, 1.54) is 29.2 Å². The van der Waals surface area contributed by atoms with Crippen LogP contribution in [-0.4, -0.2) is 39.1 Å². The molecule has 2 heterocycles. The number of carbonyl (C=O) groups excluding carboxylic acids is 2. The minimum atomic E-state index is -4.67. The van der Waals surface area contributed by atoms with E-state index in [2.05, 4.69) is 5.32 Å². The van der Waals surface area contributed by atoms with Gasteiger partial charge in [-0.2, -0.15) is 18.3 Å². The number of hydrogen-bond acceptors (Lipinski definition) is 5. The number of amides is 2. The number of anilines is 1. The predicted octanol–water partition coefficient (Wildman–Crippen LogP) is 5.40. The maximum atomic E-state index is 14.1. The number of nitrogens with zero attached hydrogens (tertiary/aromatic N) is 4. The molecule has 9 nitrogen and oxygen atoms in total. The number of aromatic nitrogens is 2. The predicted molar refractivity (Wildman–Crippen MR) is 144 cm³/mol. The molecular formula is C29H24F3N5O4. The number of rotatable bonds is 6. The zero-order valence-electron chi connectivity index (χ0n) is 21.9. The summed E-state index contributed by atoms with van der Waals surface area (Å²) in [6.45, 7) is 3.68. The van der Waals surface area contributed by atoms with E-state index in [1.54, 1.807) is 24.6 Å². The van der Waals surface area contributed by atoms with E-state index >= 15 is 0 Å². The summed E-state index contributed by atoms with van der Waals surface area (Å²) >= 11 is 0. The number of hydrogen-bond donors (Lipinski definition) is 1. The topological polar surface area (TPSA) is 110 Å². The smallest absolute Gasteiger partial charge is 0.339 e. The lowest BCUT2D eigenvalue weighted by Gasteiger charge is -2.38. The van der Waals surface area contributed by atoms with Crippen molar-refractivity contribution in [1.29, 1.82) is 0 Å². The van der Waals surface area contributed by atoms with E-state index in [4.69, 9.17) is 5.10 Å². The number of non-ortho nitro benzene ring substituents is 1. The van der Waals surface area contributed by atoms with Crippen molar-refractivity contribution in [3.63, 3.8) is 0 Å². The number of nitrogens with one attached hydrogen (secondary N) is 1. The molecular weight excluding hydrogens is 539 g/mol.